The van der Waals surface area contributed by atoms with Crippen LogP contribution in [0.25, 0.3) is 0 Å². The lowest BCUT2D eigenvalue weighted by Gasteiger charge is -2.29. The molecule has 0 radical (unpaired) electrons. The maximum atomic E-state index is 11.5. The Kier molecular flexibility index (Phi) is 2.18. The SMILES string of the molecule is CC1CN(c2cnn(C)c2)C(=O)NC1=O. The molecule has 2 rings (SSSR count). The first kappa shape index (κ1) is 9.70. The molecule has 3 amide bonds. The Labute approximate surface area is 86.9 Å². The fraction of sp³-hybridized carbons (Fsp3) is 0.444. The van der Waals surface area contributed by atoms with Gasteiger partial charge in [0.2, 0.25) is 5.91 Å². The van der Waals surface area contributed by atoms with Crippen molar-refractivity contribution < 1.29 is 9.59 Å². The second-order valence-corrected chi connectivity index (χ2v) is 3.68. The highest BCUT2D eigenvalue weighted by Gasteiger charge is 2.30. The smallest absolute Gasteiger partial charge is 0.290 e. The maximum Gasteiger partial charge on any atom is 0.328 e. The van der Waals surface area contributed by atoms with Crippen LogP contribution in [0.1, 0.15) is 6.92 Å². The van der Waals surface area contributed by atoms with Crippen LogP contribution in [-0.4, -0.2) is 28.3 Å². The topological polar surface area (TPSA) is 67.2 Å². The molecule has 1 aromatic heterocycles. The van der Waals surface area contributed by atoms with Crippen molar-refractivity contribution in [2.45, 2.75) is 6.92 Å². The molecule has 80 valence electrons. The van der Waals surface area contributed by atoms with Gasteiger partial charge in [-0.1, -0.05) is 6.92 Å². The van der Waals surface area contributed by atoms with Gasteiger partial charge in [-0.15, -0.1) is 0 Å². The molecule has 1 unspecified atom stereocenters. The van der Waals surface area contributed by atoms with E-state index in [0.717, 1.165) is 0 Å². The van der Waals surface area contributed by atoms with Gasteiger partial charge in [0.25, 0.3) is 0 Å². The average Bonchev–Trinajstić information content (AvgIpc) is 2.58. The summed E-state index contributed by atoms with van der Waals surface area (Å²) in [4.78, 5) is 24.2. The zero-order chi connectivity index (χ0) is 11.0. The first-order valence-corrected chi connectivity index (χ1v) is 4.69. The van der Waals surface area contributed by atoms with E-state index in [1.165, 1.54) is 4.90 Å². The van der Waals surface area contributed by atoms with Crippen LogP contribution in [0.2, 0.25) is 0 Å². The Hall–Kier alpha value is -1.85. The monoisotopic (exact) mass is 208 g/mol. The molecule has 1 aliphatic heterocycles. The fourth-order valence-electron chi connectivity index (χ4n) is 1.51. The molecule has 1 aromatic rings. The number of anilines is 1. The summed E-state index contributed by atoms with van der Waals surface area (Å²) in [6, 6.07) is -0.383. The van der Waals surface area contributed by atoms with Crippen LogP contribution in [0.4, 0.5) is 10.5 Å². The lowest BCUT2D eigenvalue weighted by Crippen LogP contribution is -2.53. The summed E-state index contributed by atoms with van der Waals surface area (Å²) in [7, 11) is 1.78. The number of aromatic nitrogens is 2. The standard InChI is InChI=1S/C9H12N4O2/c1-6-4-13(9(15)11-8(6)14)7-3-10-12(2)5-7/h3,5-6H,4H2,1-2H3,(H,11,14,15). The van der Waals surface area contributed by atoms with E-state index in [0.29, 0.717) is 12.2 Å². The van der Waals surface area contributed by atoms with Crippen molar-refractivity contribution >= 4 is 17.6 Å². The Morgan fingerprint density at radius 2 is 2.27 bits per heavy atom. The number of carbonyl (C=O) groups is 2. The van der Waals surface area contributed by atoms with Gasteiger partial charge in [-0.05, 0) is 0 Å². The minimum Gasteiger partial charge on any atom is -0.290 e. The van der Waals surface area contributed by atoms with Crippen LogP contribution >= 0.6 is 0 Å². The van der Waals surface area contributed by atoms with Crippen molar-refractivity contribution in [3.8, 4) is 0 Å². The highest BCUT2D eigenvalue weighted by atomic mass is 16.2. The number of rotatable bonds is 1. The number of hydrogen-bond acceptors (Lipinski definition) is 3. The number of carbonyl (C=O) groups excluding carboxylic acids is 2. The van der Waals surface area contributed by atoms with E-state index in [4.69, 9.17) is 0 Å². The van der Waals surface area contributed by atoms with Gasteiger partial charge in [-0.2, -0.15) is 5.10 Å². The van der Waals surface area contributed by atoms with E-state index in [9.17, 15) is 9.59 Å². The molecule has 15 heavy (non-hydrogen) atoms. The van der Waals surface area contributed by atoms with Gasteiger partial charge in [0.05, 0.1) is 17.8 Å². The largest absolute Gasteiger partial charge is 0.328 e. The predicted molar refractivity (Wildman–Crippen MR) is 53.3 cm³/mol. The average molecular weight is 208 g/mol. The summed E-state index contributed by atoms with van der Waals surface area (Å²) in [5.41, 5.74) is 0.703. The van der Waals surface area contributed by atoms with Gasteiger partial charge in [-0.3, -0.25) is 19.7 Å². The third-order valence-electron chi connectivity index (χ3n) is 2.38. The molecule has 1 saturated heterocycles. The third kappa shape index (κ3) is 1.70. The molecular formula is C9H12N4O2. The maximum absolute atomic E-state index is 11.5. The van der Waals surface area contributed by atoms with Gasteiger partial charge >= 0.3 is 6.03 Å². The van der Waals surface area contributed by atoms with Gasteiger partial charge in [0.1, 0.15) is 0 Å². The molecule has 0 bridgehead atoms. The van der Waals surface area contributed by atoms with Crippen molar-refractivity contribution in [2.24, 2.45) is 13.0 Å². The molecule has 6 heteroatoms. The minimum atomic E-state index is -0.383. The molecule has 0 aliphatic carbocycles. The van der Waals surface area contributed by atoms with Crippen molar-refractivity contribution in [3.63, 3.8) is 0 Å². The Bertz CT molecular complexity index is 412. The van der Waals surface area contributed by atoms with Crippen LogP contribution in [0, 0.1) is 5.92 Å². The molecular weight excluding hydrogens is 196 g/mol. The molecule has 1 aliphatic rings. The summed E-state index contributed by atoms with van der Waals surface area (Å²) in [5, 5.41) is 6.28. The highest BCUT2D eigenvalue weighted by Crippen LogP contribution is 2.17. The fourth-order valence-corrected chi connectivity index (χ4v) is 1.51. The molecule has 0 aromatic carbocycles. The quantitative estimate of drug-likeness (QED) is 0.712. The zero-order valence-corrected chi connectivity index (χ0v) is 8.60. The summed E-state index contributed by atoms with van der Waals surface area (Å²) in [6.45, 7) is 2.18. The Morgan fingerprint density at radius 3 is 2.87 bits per heavy atom. The molecule has 0 spiro atoms. The highest BCUT2D eigenvalue weighted by molar-refractivity contribution is 6.06. The Balaban J connectivity index is 2.23. The van der Waals surface area contributed by atoms with Gasteiger partial charge in [0, 0.05) is 19.8 Å². The van der Waals surface area contributed by atoms with E-state index in [-0.39, 0.29) is 17.9 Å². The lowest BCUT2D eigenvalue weighted by molar-refractivity contribution is -0.123. The number of amides is 3. The van der Waals surface area contributed by atoms with Crippen molar-refractivity contribution in [1.82, 2.24) is 15.1 Å². The first-order chi connectivity index (χ1) is 7.08. The van der Waals surface area contributed by atoms with Crippen LogP contribution in [0.15, 0.2) is 12.4 Å². The molecule has 1 fully saturated rings. The molecule has 1 atom stereocenters. The first-order valence-electron chi connectivity index (χ1n) is 4.69. The van der Waals surface area contributed by atoms with Crippen LogP contribution in [-0.2, 0) is 11.8 Å². The Morgan fingerprint density at radius 1 is 1.53 bits per heavy atom. The third-order valence-corrected chi connectivity index (χ3v) is 2.38. The summed E-state index contributed by atoms with van der Waals surface area (Å²) < 4.78 is 1.61. The lowest BCUT2D eigenvalue weighted by atomic mass is 10.1. The number of imide groups is 1. The second-order valence-electron chi connectivity index (χ2n) is 3.68. The van der Waals surface area contributed by atoms with Gasteiger partial charge < -0.3 is 0 Å². The number of nitrogens with one attached hydrogen (secondary N) is 1. The van der Waals surface area contributed by atoms with Gasteiger partial charge in [0.15, 0.2) is 0 Å². The molecule has 0 saturated carbocycles. The minimum absolute atomic E-state index is 0.192. The molecule has 6 nitrogen and oxygen atoms in total. The molecule has 1 N–H and O–H groups in total. The number of hydrogen-bond donors (Lipinski definition) is 1. The van der Waals surface area contributed by atoms with Crippen LogP contribution in [0.3, 0.4) is 0 Å². The van der Waals surface area contributed by atoms with Crippen molar-refractivity contribution in [3.05, 3.63) is 12.4 Å². The van der Waals surface area contributed by atoms with E-state index in [1.54, 1.807) is 31.0 Å². The van der Waals surface area contributed by atoms with Crippen LogP contribution in [0.5, 0.6) is 0 Å². The number of urea groups is 1. The summed E-state index contributed by atoms with van der Waals surface area (Å²) in [6.07, 6.45) is 3.34. The van der Waals surface area contributed by atoms with Crippen molar-refractivity contribution in [1.29, 1.82) is 0 Å². The summed E-state index contributed by atoms with van der Waals surface area (Å²) in [5.74, 6) is -0.414. The van der Waals surface area contributed by atoms with Gasteiger partial charge in [-0.25, -0.2) is 4.79 Å². The second kappa shape index (κ2) is 3.38. The van der Waals surface area contributed by atoms with Crippen molar-refractivity contribution in [2.75, 3.05) is 11.4 Å². The summed E-state index contributed by atoms with van der Waals surface area (Å²) >= 11 is 0. The normalized spacial score (nSPS) is 21.7. The molecule has 2 heterocycles. The van der Waals surface area contributed by atoms with E-state index in [1.807, 2.05) is 0 Å². The van der Waals surface area contributed by atoms with E-state index >= 15 is 0 Å². The zero-order valence-electron chi connectivity index (χ0n) is 8.60. The number of nitrogens with zero attached hydrogens (tertiary/aromatic N) is 3. The predicted octanol–water partition coefficient (Wildman–Crippen LogP) is 0.112. The number of aryl methyl sites for hydroxylation is 1. The van der Waals surface area contributed by atoms with Crippen LogP contribution < -0.4 is 10.2 Å². The van der Waals surface area contributed by atoms with E-state index < -0.39 is 0 Å². The van der Waals surface area contributed by atoms with E-state index in [2.05, 4.69) is 10.4 Å².